The third-order valence-electron chi connectivity index (χ3n) is 18.6. The molecule has 2 aromatic carbocycles. The number of hydrogen-bond donors (Lipinski definition) is 6. The fourth-order valence-electron chi connectivity index (χ4n) is 13.5. The van der Waals surface area contributed by atoms with Crippen LogP contribution >= 0.6 is 0 Å². The Morgan fingerprint density at radius 2 is 1.22 bits per heavy atom. The first-order valence-corrected chi connectivity index (χ1v) is 32.4. The number of unbranched alkanes of at least 4 members (excludes halogenated alkanes) is 2. The summed E-state index contributed by atoms with van der Waals surface area (Å²) in [7, 11) is 8.71. The van der Waals surface area contributed by atoms with Crippen molar-refractivity contribution in [3.63, 3.8) is 0 Å². The number of methoxy groups -OCH3 is 2. The Balaban J connectivity index is 0.966. The number of nitrogens with zero attached hydrogens (tertiary/aromatic N) is 9. The van der Waals surface area contributed by atoms with Crippen LogP contribution in [-0.2, 0) is 28.8 Å². The summed E-state index contributed by atoms with van der Waals surface area (Å²) in [5.41, 5.74) is 1.52. The third-order valence-corrected chi connectivity index (χ3v) is 18.6. The largest absolute Gasteiger partial charge is 0.496 e. The summed E-state index contributed by atoms with van der Waals surface area (Å²) in [6.45, 7) is 12.9. The summed E-state index contributed by atoms with van der Waals surface area (Å²) in [4.78, 5) is 116. The van der Waals surface area contributed by atoms with E-state index in [1.165, 1.54) is 0 Å². The number of aromatic nitrogens is 2. The van der Waals surface area contributed by atoms with Gasteiger partial charge in [-0.2, -0.15) is 5.10 Å². The standard InChI is InChI=1S/C66H101N11O14/c1-10-47-36-48-35-46(4)66(65(88)89,50(37-47)38-48)68-63(86)52-40-54(62-55(90-8)17-14-18-56(62)91-9)77(69-52)53-21-20-49(39-51(53)45(2)3)64(87)72(7)26-16-24-70(5)23-15-25-71(6)58(79)19-12-11-13-22-67-57(78)41-73-27-29-74(42-59(80)81)31-33-76(44-61(84)85)34-32-75(30-28-73)43-60(82)83/h14,17-18,20-21,39-40,45-48,50H,10-13,15-16,19,22-38,41-44H2,1-9H3,(H,67,78)(H,68,86)(H,80,81)(H,82,83)(H,84,85)(H,88,89). The SMILES string of the molecule is CCC1CC2CC(C)C(NC(=O)c3cc(-c4c(OC)cccc4OC)n(-c4ccc(C(=O)N(C)CCCN(C)CCCN(C)C(=O)CCCCCNC(=O)CN5CCN(CC(=O)O)CCN(CC(=O)O)CCN(CC(=O)O)CC5)cc4C(C)C)n3)(C(=O)O)C(C1)C2. The highest BCUT2D eigenvalue weighted by Crippen LogP contribution is 2.51. The second-order valence-corrected chi connectivity index (χ2v) is 25.6. The lowest BCUT2D eigenvalue weighted by Crippen LogP contribution is -2.66. The van der Waals surface area contributed by atoms with Gasteiger partial charge in [-0.05, 0) is 143 Å². The van der Waals surface area contributed by atoms with Crippen molar-refractivity contribution < 1.29 is 68.3 Å². The number of carbonyl (C=O) groups excluding carboxylic acids is 4. The van der Waals surface area contributed by atoms with Crippen LogP contribution in [0.15, 0.2) is 42.5 Å². The van der Waals surface area contributed by atoms with Crippen LogP contribution in [0, 0.1) is 23.7 Å². The average molecular weight is 1270 g/mol. The van der Waals surface area contributed by atoms with Gasteiger partial charge in [0.15, 0.2) is 5.69 Å². The molecule has 2 heterocycles. The highest BCUT2D eigenvalue weighted by Gasteiger charge is 2.57. The number of fused-ring (bicyclic) bond motifs is 2. The van der Waals surface area contributed by atoms with Gasteiger partial charge < -0.3 is 55.2 Å². The van der Waals surface area contributed by atoms with Crippen molar-refractivity contribution in [3.8, 4) is 28.4 Å². The molecule has 2 bridgehead atoms. The minimum Gasteiger partial charge on any atom is -0.496 e. The van der Waals surface area contributed by atoms with Gasteiger partial charge in [-0.25, -0.2) is 9.48 Å². The third kappa shape index (κ3) is 20.7. The lowest BCUT2D eigenvalue weighted by molar-refractivity contribution is -0.155. The molecule has 3 fully saturated rings. The molecule has 25 nitrogen and oxygen atoms in total. The Morgan fingerprint density at radius 3 is 1.74 bits per heavy atom. The summed E-state index contributed by atoms with van der Waals surface area (Å²) in [5, 5.41) is 50.4. The van der Waals surface area contributed by atoms with E-state index in [9.17, 15) is 58.8 Å². The molecule has 2 aliphatic carbocycles. The summed E-state index contributed by atoms with van der Waals surface area (Å²) in [5.74, 6) is -3.85. The zero-order chi connectivity index (χ0) is 66.5. The maximum absolute atomic E-state index is 14.7. The topological polar surface area (TPSA) is 300 Å². The minimum atomic E-state index is -1.46. The summed E-state index contributed by atoms with van der Waals surface area (Å²) in [6, 6.07) is 12.5. The van der Waals surface area contributed by atoms with E-state index >= 15 is 0 Å². The zero-order valence-electron chi connectivity index (χ0n) is 55.1. The Labute approximate surface area is 536 Å². The highest BCUT2D eigenvalue weighted by atomic mass is 16.5. The second-order valence-electron chi connectivity index (χ2n) is 25.6. The molecular weight excluding hydrogens is 1170 g/mol. The Morgan fingerprint density at radius 1 is 0.670 bits per heavy atom. The maximum atomic E-state index is 14.7. The lowest BCUT2D eigenvalue weighted by atomic mass is 9.56. The van der Waals surface area contributed by atoms with E-state index in [0.717, 1.165) is 57.2 Å². The highest BCUT2D eigenvalue weighted by molar-refractivity contribution is 5.98. The molecule has 91 heavy (non-hydrogen) atoms. The van der Waals surface area contributed by atoms with E-state index in [2.05, 4.69) is 22.5 Å². The number of aliphatic carboxylic acids is 4. The van der Waals surface area contributed by atoms with Crippen molar-refractivity contribution in [2.45, 2.75) is 110 Å². The molecule has 5 unspecified atom stereocenters. The number of nitrogens with one attached hydrogen (secondary N) is 2. The molecule has 1 aromatic heterocycles. The van der Waals surface area contributed by atoms with Gasteiger partial charge in [-0.15, -0.1) is 0 Å². The number of carboxylic acids is 4. The monoisotopic (exact) mass is 1270 g/mol. The first-order valence-electron chi connectivity index (χ1n) is 32.4. The maximum Gasteiger partial charge on any atom is 0.329 e. The molecule has 3 aromatic rings. The number of carboxylic acid groups (broad SMARTS) is 4. The van der Waals surface area contributed by atoms with Gasteiger partial charge in [0, 0.05) is 98.1 Å². The Kier molecular flexibility index (Phi) is 28.0. The van der Waals surface area contributed by atoms with Gasteiger partial charge in [0.05, 0.1) is 57.3 Å². The van der Waals surface area contributed by atoms with E-state index in [0.29, 0.717) is 124 Å². The second kappa shape index (κ2) is 35.0. The number of benzene rings is 2. The number of ether oxygens (including phenoxy) is 2. The molecule has 0 spiro atoms. The molecule has 4 amide bonds. The van der Waals surface area contributed by atoms with Gasteiger partial charge in [0.2, 0.25) is 11.8 Å². The first-order chi connectivity index (χ1) is 43.4. The molecule has 6 rings (SSSR count). The van der Waals surface area contributed by atoms with E-state index in [1.807, 2.05) is 44.9 Å². The summed E-state index contributed by atoms with van der Waals surface area (Å²) in [6.07, 6.45) is 8.15. The van der Waals surface area contributed by atoms with E-state index in [-0.39, 0.29) is 93.5 Å². The molecule has 1 aliphatic heterocycles. The van der Waals surface area contributed by atoms with Crippen LogP contribution in [-0.4, -0.2) is 264 Å². The number of amides is 4. The van der Waals surface area contributed by atoms with Crippen LogP contribution in [0.3, 0.4) is 0 Å². The molecule has 3 aliphatic rings. The number of rotatable bonds is 32. The molecule has 25 heteroatoms. The van der Waals surface area contributed by atoms with Gasteiger partial charge in [0.1, 0.15) is 17.0 Å². The van der Waals surface area contributed by atoms with Crippen LogP contribution in [0.1, 0.15) is 131 Å². The van der Waals surface area contributed by atoms with E-state index in [4.69, 9.17) is 14.6 Å². The van der Waals surface area contributed by atoms with Crippen LogP contribution in [0.2, 0.25) is 0 Å². The van der Waals surface area contributed by atoms with E-state index in [1.54, 1.807) is 87.8 Å². The van der Waals surface area contributed by atoms with Crippen molar-refractivity contribution in [3.05, 3.63) is 59.3 Å². The van der Waals surface area contributed by atoms with Crippen LogP contribution in [0.4, 0.5) is 0 Å². The number of carbonyl (C=O) groups is 8. The molecular formula is C66H101N11O14. The van der Waals surface area contributed by atoms with Crippen molar-refractivity contribution in [1.82, 2.24) is 54.7 Å². The van der Waals surface area contributed by atoms with Crippen molar-refractivity contribution in [1.29, 1.82) is 0 Å². The van der Waals surface area contributed by atoms with Gasteiger partial charge in [-0.1, -0.05) is 46.6 Å². The number of hydrogen-bond acceptors (Lipinski definition) is 16. The fourth-order valence-corrected chi connectivity index (χ4v) is 13.5. The normalized spacial score (nSPS) is 20.5. The van der Waals surface area contributed by atoms with Crippen molar-refractivity contribution in [2.24, 2.45) is 23.7 Å². The predicted molar refractivity (Wildman–Crippen MR) is 344 cm³/mol. The Hall–Kier alpha value is -7.19. The summed E-state index contributed by atoms with van der Waals surface area (Å²) >= 11 is 0. The molecule has 6 N–H and O–H groups in total. The van der Waals surface area contributed by atoms with Gasteiger partial charge >= 0.3 is 23.9 Å². The molecule has 504 valence electrons. The molecule has 5 atom stereocenters. The van der Waals surface area contributed by atoms with Crippen LogP contribution in [0.25, 0.3) is 16.9 Å². The van der Waals surface area contributed by atoms with Crippen molar-refractivity contribution >= 4 is 47.5 Å². The van der Waals surface area contributed by atoms with Crippen molar-refractivity contribution in [2.75, 3.05) is 147 Å². The van der Waals surface area contributed by atoms with Crippen LogP contribution < -0.4 is 20.1 Å². The Bertz CT molecular complexity index is 2900. The smallest absolute Gasteiger partial charge is 0.329 e. The lowest BCUT2D eigenvalue weighted by Gasteiger charge is -2.52. The predicted octanol–water partition coefficient (Wildman–Crippen LogP) is 5.11. The molecule has 1 saturated heterocycles. The van der Waals surface area contributed by atoms with Gasteiger partial charge in [0.25, 0.3) is 11.8 Å². The van der Waals surface area contributed by atoms with Crippen LogP contribution in [0.5, 0.6) is 11.5 Å². The quantitative estimate of drug-likeness (QED) is 0.0443. The first kappa shape index (κ1) is 72.9. The van der Waals surface area contributed by atoms with Gasteiger partial charge in [-0.3, -0.25) is 53.2 Å². The average Bonchev–Trinajstić information content (AvgIpc) is 1.67. The fraction of sp³-hybridized carbons (Fsp3) is 0.652. The van der Waals surface area contributed by atoms with E-state index < -0.39 is 35.3 Å². The zero-order valence-corrected chi connectivity index (χ0v) is 55.1. The summed E-state index contributed by atoms with van der Waals surface area (Å²) < 4.78 is 13.4. The molecule has 2 saturated carbocycles. The minimum absolute atomic E-state index is 0.0333. The molecule has 0 radical (unpaired) electrons.